The lowest BCUT2D eigenvalue weighted by Gasteiger charge is -2.31. The molecule has 0 aromatic carbocycles. The predicted molar refractivity (Wildman–Crippen MR) is 89.6 cm³/mol. The van der Waals surface area contributed by atoms with Gasteiger partial charge in [0.15, 0.2) is 8.32 Å². The van der Waals surface area contributed by atoms with Crippen LogP contribution in [0.15, 0.2) is 36.5 Å². The third-order valence-electron chi connectivity index (χ3n) is 4.04. The van der Waals surface area contributed by atoms with E-state index in [1.807, 2.05) is 19.9 Å². The van der Waals surface area contributed by atoms with Gasteiger partial charge in [-0.05, 0) is 51.9 Å². The van der Waals surface area contributed by atoms with Crippen LogP contribution in [0.25, 0.3) is 0 Å². The van der Waals surface area contributed by atoms with Gasteiger partial charge < -0.3 is 9.16 Å². The second-order valence-corrected chi connectivity index (χ2v) is 11.4. The summed E-state index contributed by atoms with van der Waals surface area (Å²) < 4.78 is 11.4. The Balaban J connectivity index is 3.19. The molecular weight excluding hydrogens is 280 g/mol. The van der Waals surface area contributed by atoms with E-state index in [0.29, 0.717) is 12.8 Å². The normalized spacial score (nSPS) is 29.0. The molecule has 118 valence electrons. The van der Waals surface area contributed by atoms with Crippen molar-refractivity contribution in [3.05, 3.63) is 36.5 Å². The number of methoxy groups -OCH3 is 1. The quantitative estimate of drug-likeness (QED) is 0.305. The van der Waals surface area contributed by atoms with Crippen molar-refractivity contribution in [3.8, 4) is 0 Å². The lowest BCUT2D eigenvalue weighted by molar-refractivity contribution is -0.149. The molecule has 2 atom stereocenters. The zero-order chi connectivity index (χ0) is 16.5. The first kappa shape index (κ1) is 17.9. The minimum atomic E-state index is -1.81. The Kier molecular flexibility index (Phi) is 5.06. The summed E-state index contributed by atoms with van der Waals surface area (Å²) in [6.45, 7) is 18.1. The van der Waals surface area contributed by atoms with Crippen molar-refractivity contribution in [2.24, 2.45) is 5.41 Å². The molecule has 0 bridgehead atoms. The minimum Gasteiger partial charge on any atom is -0.468 e. The van der Waals surface area contributed by atoms with Crippen molar-refractivity contribution in [2.75, 3.05) is 7.11 Å². The number of allylic oxidation sites excluding steroid dienone is 3. The molecule has 0 aliphatic heterocycles. The van der Waals surface area contributed by atoms with Gasteiger partial charge in [0.2, 0.25) is 0 Å². The summed E-state index contributed by atoms with van der Waals surface area (Å²) >= 11 is 0. The van der Waals surface area contributed by atoms with Gasteiger partial charge in [0.05, 0.1) is 12.7 Å². The molecule has 0 unspecified atom stereocenters. The molecule has 0 amide bonds. The summed E-state index contributed by atoms with van der Waals surface area (Å²) in [4.78, 5) is 12.4. The molecule has 0 N–H and O–H groups in total. The van der Waals surface area contributed by atoms with E-state index in [4.69, 9.17) is 9.16 Å². The fraction of sp³-hybridized carbons (Fsp3) is 0.588. The van der Waals surface area contributed by atoms with Crippen LogP contribution in [-0.2, 0) is 14.0 Å². The monoisotopic (exact) mass is 308 g/mol. The Hall–Kier alpha value is -1.13. The average Bonchev–Trinajstić information content (AvgIpc) is 3.03. The van der Waals surface area contributed by atoms with Gasteiger partial charge in [0.1, 0.15) is 5.41 Å². The fourth-order valence-corrected chi connectivity index (χ4v) is 4.34. The van der Waals surface area contributed by atoms with Crippen LogP contribution in [0.4, 0.5) is 0 Å². The minimum absolute atomic E-state index is 0.211. The van der Waals surface area contributed by atoms with Crippen molar-refractivity contribution in [1.82, 2.24) is 0 Å². The van der Waals surface area contributed by atoms with E-state index >= 15 is 0 Å². The zero-order valence-electron chi connectivity index (χ0n) is 14.2. The number of rotatable bonds is 7. The number of carbonyl (C=O) groups excluding carboxylic acids is 1. The van der Waals surface area contributed by atoms with Crippen molar-refractivity contribution >= 4 is 14.3 Å². The maximum atomic E-state index is 12.4. The van der Waals surface area contributed by atoms with Gasteiger partial charge in [-0.25, -0.2) is 0 Å². The van der Waals surface area contributed by atoms with Gasteiger partial charge in [-0.3, -0.25) is 4.79 Å². The zero-order valence-corrected chi connectivity index (χ0v) is 15.2. The smallest absolute Gasteiger partial charge is 0.315 e. The number of carbonyl (C=O) groups is 1. The Morgan fingerprint density at radius 3 is 2.29 bits per heavy atom. The highest BCUT2D eigenvalue weighted by Crippen LogP contribution is 2.66. The first-order chi connectivity index (χ1) is 9.54. The summed E-state index contributed by atoms with van der Waals surface area (Å²) in [5.41, 5.74) is 0.731. The van der Waals surface area contributed by atoms with Crippen molar-refractivity contribution in [1.29, 1.82) is 0 Å². The highest BCUT2D eigenvalue weighted by atomic mass is 28.4. The summed E-state index contributed by atoms with van der Waals surface area (Å²) in [6, 6.07) is 0. The van der Waals surface area contributed by atoms with Crippen molar-refractivity contribution in [3.63, 3.8) is 0 Å². The van der Waals surface area contributed by atoms with Crippen LogP contribution >= 0.6 is 0 Å². The summed E-state index contributed by atoms with van der Waals surface area (Å²) in [5.74, 6) is -0.211. The Bertz CT molecular complexity index is 487. The first-order valence-corrected chi connectivity index (χ1v) is 10.7. The summed E-state index contributed by atoms with van der Waals surface area (Å²) in [7, 11) is -0.380. The Labute approximate surface area is 129 Å². The van der Waals surface area contributed by atoms with Crippen LogP contribution in [0, 0.1) is 5.41 Å². The van der Waals surface area contributed by atoms with Crippen LogP contribution < -0.4 is 0 Å². The molecule has 0 radical (unpaired) electrons. The van der Waals surface area contributed by atoms with Crippen molar-refractivity contribution in [2.45, 2.75) is 51.9 Å². The van der Waals surface area contributed by atoms with Gasteiger partial charge >= 0.3 is 5.97 Å². The number of ether oxygens (including phenoxy) is 1. The molecule has 4 heteroatoms. The molecular formula is C17H28O3Si. The molecule has 1 aliphatic carbocycles. The van der Waals surface area contributed by atoms with Crippen LogP contribution in [-0.4, -0.2) is 27.0 Å². The topological polar surface area (TPSA) is 35.5 Å². The number of esters is 1. The molecule has 0 spiro atoms. The molecule has 0 aromatic rings. The molecule has 1 fully saturated rings. The largest absolute Gasteiger partial charge is 0.468 e. The molecule has 21 heavy (non-hydrogen) atoms. The van der Waals surface area contributed by atoms with E-state index in [-0.39, 0.29) is 5.97 Å². The van der Waals surface area contributed by atoms with Gasteiger partial charge in [0, 0.05) is 0 Å². The van der Waals surface area contributed by atoms with Gasteiger partial charge in [-0.1, -0.05) is 30.9 Å². The molecule has 0 saturated heterocycles. The predicted octanol–water partition coefficient (Wildman–Crippen LogP) is 4.24. The lowest BCUT2D eigenvalue weighted by Crippen LogP contribution is -2.40. The van der Waals surface area contributed by atoms with Crippen molar-refractivity contribution < 1.29 is 14.0 Å². The second-order valence-electron chi connectivity index (χ2n) is 6.93. The van der Waals surface area contributed by atoms with E-state index in [2.05, 4.69) is 32.8 Å². The summed E-state index contributed by atoms with van der Waals surface area (Å²) in [6.07, 6.45) is 5.05. The molecule has 0 aromatic heterocycles. The van der Waals surface area contributed by atoms with E-state index in [1.165, 1.54) is 7.11 Å². The fourth-order valence-electron chi connectivity index (χ4n) is 2.86. The highest BCUT2D eigenvalue weighted by molar-refractivity contribution is 6.70. The average molecular weight is 308 g/mol. The van der Waals surface area contributed by atoms with Gasteiger partial charge in [-0.2, -0.15) is 0 Å². The van der Waals surface area contributed by atoms with E-state index in [0.717, 1.165) is 11.1 Å². The van der Waals surface area contributed by atoms with Crippen LogP contribution in [0.3, 0.4) is 0 Å². The van der Waals surface area contributed by atoms with E-state index in [1.54, 1.807) is 6.08 Å². The van der Waals surface area contributed by atoms with Crippen LogP contribution in [0.2, 0.25) is 19.6 Å². The third-order valence-corrected chi connectivity index (χ3v) is 5.00. The van der Waals surface area contributed by atoms with E-state index in [9.17, 15) is 4.79 Å². The summed E-state index contributed by atoms with van der Waals surface area (Å²) in [5, 5.41) is 0. The molecule has 0 heterocycles. The Morgan fingerprint density at radius 1 is 1.33 bits per heavy atom. The van der Waals surface area contributed by atoms with Gasteiger partial charge in [0.25, 0.3) is 0 Å². The Morgan fingerprint density at radius 2 is 1.90 bits per heavy atom. The van der Waals surface area contributed by atoms with Crippen LogP contribution in [0.5, 0.6) is 0 Å². The first-order valence-electron chi connectivity index (χ1n) is 7.28. The number of hydrogen-bond acceptors (Lipinski definition) is 3. The van der Waals surface area contributed by atoms with E-state index < -0.39 is 19.3 Å². The maximum Gasteiger partial charge on any atom is 0.315 e. The van der Waals surface area contributed by atoms with Gasteiger partial charge in [-0.15, -0.1) is 0 Å². The highest BCUT2D eigenvalue weighted by Gasteiger charge is 2.74. The lowest BCUT2D eigenvalue weighted by atomic mass is 9.92. The molecule has 1 rings (SSSR count). The molecule has 1 saturated carbocycles. The maximum absolute atomic E-state index is 12.4. The number of hydrogen-bond donors (Lipinski definition) is 0. The standard InChI is InChI=1S/C17H28O3Si/c1-9-14(4)10-11-16(15(18)19-5)12-17(16,13(2)3)20-21(6,7)8/h9-10H,1-2,11-12H2,3-8H3/b14-10+/t16-,17-/m0/s1. The SMILES string of the molecule is C=C/C(C)=C/C[C@@]1(C(=O)OC)C[C@]1(O[Si](C)(C)C)C(=C)C. The molecule has 1 aliphatic rings. The third kappa shape index (κ3) is 3.38. The van der Waals surface area contributed by atoms with Crippen LogP contribution in [0.1, 0.15) is 26.7 Å². The molecule has 3 nitrogen and oxygen atoms in total. The second kappa shape index (κ2) is 5.93.